The molecule has 1 spiro atoms. The molecule has 0 aromatic carbocycles. The van der Waals surface area contributed by atoms with E-state index in [2.05, 4.69) is 10.3 Å². The zero-order chi connectivity index (χ0) is 16.9. The first-order chi connectivity index (χ1) is 10.7. The standard InChI is InChI=1S/C16H20F3N3O/c1-14(2)10-15(4-7-20-8-5-15)13(23)22(14)12-9-11(3-6-21-12)16(17,18)19/h3,6,9,20H,4-5,7-8,10H2,1-2H3. The number of pyridine rings is 1. The fourth-order valence-corrected chi connectivity index (χ4v) is 3.92. The van der Waals surface area contributed by atoms with Crippen molar-refractivity contribution in [2.75, 3.05) is 18.0 Å². The Morgan fingerprint density at radius 2 is 1.91 bits per heavy atom. The van der Waals surface area contributed by atoms with Gasteiger partial charge in [-0.1, -0.05) is 0 Å². The molecule has 0 radical (unpaired) electrons. The summed E-state index contributed by atoms with van der Waals surface area (Å²) >= 11 is 0. The molecular weight excluding hydrogens is 307 g/mol. The third-order valence-electron chi connectivity index (χ3n) is 4.90. The van der Waals surface area contributed by atoms with E-state index in [1.54, 1.807) is 0 Å². The van der Waals surface area contributed by atoms with Crippen LogP contribution >= 0.6 is 0 Å². The van der Waals surface area contributed by atoms with Crippen LogP contribution in [0.2, 0.25) is 0 Å². The first kappa shape index (κ1) is 16.2. The van der Waals surface area contributed by atoms with E-state index in [1.165, 1.54) is 4.90 Å². The van der Waals surface area contributed by atoms with Gasteiger partial charge in [0.05, 0.1) is 11.0 Å². The highest BCUT2D eigenvalue weighted by Crippen LogP contribution is 2.49. The van der Waals surface area contributed by atoms with Gasteiger partial charge in [-0.25, -0.2) is 4.98 Å². The molecule has 2 aliphatic heterocycles. The largest absolute Gasteiger partial charge is 0.416 e. The fourth-order valence-electron chi connectivity index (χ4n) is 3.92. The number of hydrogen-bond donors (Lipinski definition) is 1. The lowest BCUT2D eigenvalue weighted by atomic mass is 9.74. The maximum absolute atomic E-state index is 13.0. The molecule has 0 bridgehead atoms. The van der Waals surface area contributed by atoms with Crippen LogP contribution in [0.15, 0.2) is 18.3 Å². The maximum atomic E-state index is 13.0. The number of nitrogens with one attached hydrogen (secondary N) is 1. The number of anilines is 1. The van der Waals surface area contributed by atoms with E-state index in [-0.39, 0.29) is 11.7 Å². The van der Waals surface area contributed by atoms with Gasteiger partial charge in [0.25, 0.3) is 0 Å². The minimum absolute atomic E-state index is 0.0882. The Kier molecular flexibility index (Phi) is 3.66. The normalized spacial score (nSPS) is 23.5. The van der Waals surface area contributed by atoms with Crippen LogP contribution in [-0.2, 0) is 11.0 Å². The highest BCUT2D eigenvalue weighted by atomic mass is 19.4. The van der Waals surface area contributed by atoms with E-state index in [9.17, 15) is 18.0 Å². The van der Waals surface area contributed by atoms with E-state index >= 15 is 0 Å². The van der Waals surface area contributed by atoms with Crippen molar-refractivity contribution in [3.63, 3.8) is 0 Å². The number of nitrogens with zero attached hydrogens (tertiary/aromatic N) is 2. The van der Waals surface area contributed by atoms with Gasteiger partial charge in [0.1, 0.15) is 5.82 Å². The van der Waals surface area contributed by atoms with Crippen molar-refractivity contribution in [1.29, 1.82) is 0 Å². The zero-order valence-corrected chi connectivity index (χ0v) is 13.2. The lowest BCUT2D eigenvalue weighted by molar-refractivity contribution is -0.137. The van der Waals surface area contributed by atoms with Crippen molar-refractivity contribution in [2.45, 2.75) is 44.8 Å². The number of halogens is 3. The van der Waals surface area contributed by atoms with Crippen LogP contribution in [0.5, 0.6) is 0 Å². The molecule has 0 aliphatic carbocycles. The molecule has 4 nitrogen and oxygen atoms in total. The topological polar surface area (TPSA) is 45.2 Å². The van der Waals surface area contributed by atoms with Crippen molar-refractivity contribution in [3.05, 3.63) is 23.9 Å². The van der Waals surface area contributed by atoms with Crippen LogP contribution in [0.25, 0.3) is 0 Å². The van der Waals surface area contributed by atoms with E-state index < -0.39 is 22.7 Å². The molecule has 1 aromatic rings. The molecule has 0 saturated carbocycles. The van der Waals surface area contributed by atoms with Crippen LogP contribution in [0, 0.1) is 5.41 Å². The van der Waals surface area contributed by atoms with Gasteiger partial charge in [0, 0.05) is 11.7 Å². The predicted molar refractivity (Wildman–Crippen MR) is 80.0 cm³/mol. The SMILES string of the molecule is CC1(C)CC2(CCNCC2)C(=O)N1c1cc(C(F)(F)F)ccn1. The first-order valence-corrected chi connectivity index (χ1v) is 7.74. The van der Waals surface area contributed by atoms with Gasteiger partial charge in [0.2, 0.25) is 5.91 Å². The number of piperidine rings is 1. The maximum Gasteiger partial charge on any atom is 0.416 e. The number of carbonyl (C=O) groups is 1. The molecule has 7 heteroatoms. The summed E-state index contributed by atoms with van der Waals surface area (Å²) in [6.45, 7) is 5.30. The molecule has 1 N–H and O–H groups in total. The number of carbonyl (C=O) groups excluding carboxylic acids is 1. The van der Waals surface area contributed by atoms with Crippen LogP contribution in [-0.4, -0.2) is 29.5 Å². The highest BCUT2D eigenvalue weighted by Gasteiger charge is 2.56. The minimum Gasteiger partial charge on any atom is -0.317 e. The van der Waals surface area contributed by atoms with Gasteiger partial charge in [-0.3, -0.25) is 9.69 Å². The van der Waals surface area contributed by atoms with Crippen LogP contribution in [0.3, 0.4) is 0 Å². The Hall–Kier alpha value is -1.63. The van der Waals surface area contributed by atoms with Gasteiger partial charge >= 0.3 is 6.18 Å². The monoisotopic (exact) mass is 327 g/mol. The molecule has 2 saturated heterocycles. The van der Waals surface area contributed by atoms with Crippen molar-refractivity contribution in [1.82, 2.24) is 10.3 Å². The predicted octanol–water partition coefficient (Wildman–Crippen LogP) is 2.99. The van der Waals surface area contributed by atoms with E-state index in [4.69, 9.17) is 0 Å². The van der Waals surface area contributed by atoms with Gasteiger partial charge in [-0.2, -0.15) is 13.2 Å². The Morgan fingerprint density at radius 1 is 1.26 bits per heavy atom. The second kappa shape index (κ2) is 5.19. The van der Waals surface area contributed by atoms with Crippen LogP contribution in [0.4, 0.5) is 19.0 Å². The number of alkyl halides is 3. The van der Waals surface area contributed by atoms with Crippen molar-refractivity contribution in [3.8, 4) is 0 Å². The second-order valence-corrected chi connectivity index (χ2v) is 7.06. The summed E-state index contributed by atoms with van der Waals surface area (Å²) < 4.78 is 38.9. The van der Waals surface area contributed by atoms with Crippen LogP contribution < -0.4 is 10.2 Å². The Balaban J connectivity index is 2.00. The van der Waals surface area contributed by atoms with Gasteiger partial charge in [-0.15, -0.1) is 0 Å². The summed E-state index contributed by atoms with van der Waals surface area (Å²) in [6.07, 6.45) is -1.26. The number of aromatic nitrogens is 1. The van der Waals surface area contributed by atoms with Gasteiger partial charge in [0.15, 0.2) is 0 Å². The van der Waals surface area contributed by atoms with Crippen LogP contribution in [0.1, 0.15) is 38.7 Å². The lowest BCUT2D eigenvalue weighted by Crippen LogP contribution is -2.44. The van der Waals surface area contributed by atoms with E-state index in [0.717, 1.165) is 31.4 Å². The molecule has 2 aliphatic rings. The molecule has 0 unspecified atom stereocenters. The summed E-state index contributed by atoms with van der Waals surface area (Å²) in [5.74, 6) is -0.0129. The van der Waals surface area contributed by atoms with E-state index in [1.807, 2.05) is 13.8 Å². The summed E-state index contributed by atoms with van der Waals surface area (Å²) in [7, 11) is 0. The Labute approximate surface area is 133 Å². The smallest absolute Gasteiger partial charge is 0.317 e. The second-order valence-electron chi connectivity index (χ2n) is 7.06. The van der Waals surface area contributed by atoms with Crippen molar-refractivity contribution < 1.29 is 18.0 Å². The summed E-state index contributed by atoms with van der Waals surface area (Å²) in [6, 6.07) is 1.90. The molecular formula is C16H20F3N3O. The van der Waals surface area contributed by atoms with E-state index in [0.29, 0.717) is 19.3 Å². The minimum atomic E-state index is -4.45. The lowest BCUT2D eigenvalue weighted by Gasteiger charge is -2.31. The summed E-state index contributed by atoms with van der Waals surface area (Å²) in [5.41, 5.74) is -1.81. The molecule has 126 valence electrons. The number of amides is 1. The molecule has 1 amide bonds. The van der Waals surface area contributed by atoms with Gasteiger partial charge < -0.3 is 5.32 Å². The molecule has 23 heavy (non-hydrogen) atoms. The molecule has 1 aromatic heterocycles. The summed E-state index contributed by atoms with van der Waals surface area (Å²) in [5, 5.41) is 3.23. The average molecular weight is 327 g/mol. The van der Waals surface area contributed by atoms with Gasteiger partial charge in [-0.05, 0) is 58.3 Å². The quantitative estimate of drug-likeness (QED) is 0.862. The Morgan fingerprint density at radius 3 is 2.52 bits per heavy atom. The Bertz CT molecular complexity index is 621. The fraction of sp³-hybridized carbons (Fsp3) is 0.625. The average Bonchev–Trinajstić information content (AvgIpc) is 2.65. The molecule has 0 atom stereocenters. The molecule has 3 heterocycles. The third kappa shape index (κ3) is 2.71. The molecule has 2 fully saturated rings. The molecule has 3 rings (SSSR count). The highest BCUT2D eigenvalue weighted by molar-refractivity contribution is 6.01. The number of rotatable bonds is 1. The third-order valence-corrected chi connectivity index (χ3v) is 4.90. The summed E-state index contributed by atoms with van der Waals surface area (Å²) in [4.78, 5) is 18.6. The van der Waals surface area contributed by atoms with Crippen molar-refractivity contribution in [2.24, 2.45) is 5.41 Å². The van der Waals surface area contributed by atoms with Crippen molar-refractivity contribution >= 4 is 11.7 Å². The number of hydrogen-bond acceptors (Lipinski definition) is 3. The first-order valence-electron chi connectivity index (χ1n) is 7.74. The zero-order valence-electron chi connectivity index (χ0n) is 13.2.